The van der Waals surface area contributed by atoms with E-state index in [1.165, 1.54) is 0 Å². The van der Waals surface area contributed by atoms with Crippen molar-refractivity contribution in [3.63, 3.8) is 0 Å². The summed E-state index contributed by atoms with van der Waals surface area (Å²) < 4.78 is 10.1. The number of hydrogen-bond acceptors (Lipinski definition) is 3. The van der Waals surface area contributed by atoms with Gasteiger partial charge in [-0.1, -0.05) is 6.92 Å². The predicted octanol–water partition coefficient (Wildman–Crippen LogP) is 0.584. The zero-order valence-electron chi connectivity index (χ0n) is 6.08. The Bertz CT molecular complexity index is 105. The maximum atomic E-state index is 10.1. The summed E-state index contributed by atoms with van der Waals surface area (Å²) >= 11 is 0. The Morgan fingerprint density at radius 1 is 1.50 bits per heavy atom. The molecule has 58 valence electrons. The normalized spacial score (nSPS) is 33.7. The molecule has 0 amide bonds. The minimum atomic E-state index is -0.609. The van der Waals surface area contributed by atoms with Gasteiger partial charge in [0.05, 0.1) is 13.2 Å². The quantitative estimate of drug-likeness (QED) is 0.532. The topological polar surface area (TPSA) is 35.5 Å². The molecule has 0 saturated carbocycles. The molecule has 1 rings (SSSR count). The zero-order chi connectivity index (χ0) is 7.40. The fraction of sp³-hybridized carbons (Fsp3) is 0.857. The molecule has 0 atom stereocenters. The lowest BCUT2D eigenvalue weighted by molar-refractivity contribution is -0.193. The first-order chi connectivity index (χ1) is 4.86. The van der Waals surface area contributed by atoms with Gasteiger partial charge in [0.25, 0.3) is 0 Å². The van der Waals surface area contributed by atoms with Gasteiger partial charge in [0.1, 0.15) is 0 Å². The maximum absolute atomic E-state index is 10.1. The lowest BCUT2D eigenvalue weighted by Crippen LogP contribution is -2.32. The third kappa shape index (κ3) is 1.78. The van der Waals surface area contributed by atoms with Gasteiger partial charge in [-0.15, -0.1) is 0 Å². The smallest absolute Gasteiger partial charge is 0.214 e. The van der Waals surface area contributed by atoms with Crippen molar-refractivity contribution in [1.82, 2.24) is 0 Å². The van der Waals surface area contributed by atoms with Crippen molar-refractivity contribution in [2.75, 3.05) is 13.2 Å². The predicted molar refractivity (Wildman–Crippen MR) is 35.5 cm³/mol. The molecule has 0 radical (unpaired) electrons. The monoisotopic (exact) mass is 144 g/mol. The minimum absolute atomic E-state index is 0.469. The molecule has 0 aromatic carbocycles. The molecule has 1 saturated heterocycles. The van der Waals surface area contributed by atoms with Gasteiger partial charge in [-0.2, -0.15) is 0 Å². The van der Waals surface area contributed by atoms with Crippen LogP contribution in [0.2, 0.25) is 0 Å². The van der Waals surface area contributed by atoms with E-state index in [0.29, 0.717) is 25.4 Å². The van der Waals surface area contributed by atoms with Crippen molar-refractivity contribution in [1.29, 1.82) is 0 Å². The van der Waals surface area contributed by atoms with Gasteiger partial charge >= 0.3 is 0 Å². The molecular weight excluding hydrogens is 132 g/mol. The molecule has 1 fully saturated rings. The first-order valence-corrected chi connectivity index (χ1v) is 3.55. The van der Waals surface area contributed by atoms with Crippen LogP contribution in [0, 0.1) is 5.92 Å². The highest BCUT2D eigenvalue weighted by Crippen LogP contribution is 2.12. The number of carbonyl (C=O) groups is 1. The number of aldehydes is 1. The molecule has 1 heterocycles. The Labute approximate surface area is 60.3 Å². The van der Waals surface area contributed by atoms with E-state index in [4.69, 9.17) is 9.47 Å². The van der Waals surface area contributed by atoms with Gasteiger partial charge < -0.3 is 9.47 Å². The molecule has 0 aromatic rings. The summed E-state index contributed by atoms with van der Waals surface area (Å²) in [6.07, 6.45) is 1.13. The van der Waals surface area contributed by atoms with E-state index in [0.717, 1.165) is 6.42 Å². The van der Waals surface area contributed by atoms with Crippen LogP contribution in [0.3, 0.4) is 0 Å². The fourth-order valence-corrected chi connectivity index (χ4v) is 0.872. The maximum Gasteiger partial charge on any atom is 0.214 e. The van der Waals surface area contributed by atoms with Gasteiger partial charge in [-0.25, -0.2) is 0 Å². The summed E-state index contributed by atoms with van der Waals surface area (Å²) in [7, 11) is 0. The largest absolute Gasteiger partial charge is 0.346 e. The molecule has 0 spiro atoms. The van der Waals surface area contributed by atoms with Crippen LogP contribution in [0.5, 0.6) is 0 Å². The second kappa shape index (κ2) is 3.68. The first-order valence-electron chi connectivity index (χ1n) is 3.55. The molecule has 3 heteroatoms. The molecule has 0 aromatic heterocycles. The number of rotatable bonds is 2. The van der Waals surface area contributed by atoms with E-state index in [2.05, 4.69) is 6.92 Å². The standard InChI is InChI=1S/C7H12O3/c1-2-6-4-9-7(3-8)10-5-6/h3,6-7H,2,4-5H2,1H3. The van der Waals surface area contributed by atoms with Gasteiger partial charge in [0.15, 0.2) is 6.29 Å². The lowest BCUT2D eigenvalue weighted by atomic mass is 10.1. The third-order valence-corrected chi connectivity index (χ3v) is 1.68. The fourth-order valence-electron chi connectivity index (χ4n) is 0.872. The Balaban J connectivity index is 2.23. The first kappa shape index (κ1) is 7.69. The lowest BCUT2D eigenvalue weighted by Gasteiger charge is -2.25. The Morgan fingerprint density at radius 2 is 2.10 bits per heavy atom. The number of ether oxygens (including phenoxy) is 2. The van der Waals surface area contributed by atoms with Crippen LogP contribution >= 0.6 is 0 Å². The van der Waals surface area contributed by atoms with Crippen LogP contribution < -0.4 is 0 Å². The van der Waals surface area contributed by atoms with E-state index in [1.807, 2.05) is 0 Å². The van der Waals surface area contributed by atoms with Crippen molar-refractivity contribution in [3.05, 3.63) is 0 Å². The highest BCUT2D eigenvalue weighted by Gasteiger charge is 2.19. The molecule has 10 heavy (non-hydrogen) atoms. The van der Waals surface area contributed by atoms with Crippen LogP contribution in [0.15, 0.2) is 0 Å². The van der Waals surface area contributed by atoms with Gasteiger partial charge in [0, 0.05) is 5.92 Å². The zero-order valence-corrected chi connectivity index (χ0v) is 6.08. The Kier molecular flexibility index (Phi) is 2.83. The summed E-state index contributed by atoms with van der Waals surface area (Å²) in [6, 6.07) is 0. The minimum Gasteiger partial charge on any atom is -0.346 e. The van der Waals surface area contributed by atoms with E-state index in [-0.39, 0.29) is 0 Å². The summed E-state index contributed by atoms with van der Waals surface area (Å²) in [5.41, 5.74) is 0. The second-order valence-electron chi connectivity index (χ2n) is 2.45. The molecule has 3 nitrogen and oxygen atoms in total. The van der Waals surface area contributed by atoms with Crippen LogP contribution in [0.4, 0.5) is 0 Å². The van der Waals surface area contributed by atoms with E-state index in [1.54, 1.807) is 0 Å². The van der Waals surface area contributed by atoms with Crippen molar-refractivity contribution in [2.24, 2.45) is 5.92 Å². The van der Waals surface area contributed by atoms with E-state index >= 15 is 0 Å². The summed E-state index contributed by atoms with van der Waals surface area (Å²) in [5.74, 6) is 0.469. The summed E-state index contributed by atoms with van der Waals surface area (Å²) in [6.45, 7) is 3.39. The highest BCUT2D eigenvalue weighted by molar-refractivity contribution is 5.53. The van der Waals surface area contributed by atoms with Crippen molar-refractivity contribution in [2.45, 2.75) is 19.6 Å². The third-order valence-electron chi connectivity index (χ3n) is 1.68. The van der Waals surface area contributed by atoms with Crippen molar-refractivity contribution < 1.29 is 14.3 Å². The SMILES string of the molecule is CCC1COC(C=O)OC1. The van der Waals surface area contributed by atoms with Crippen LogP contribution in [-0.4, -0.2) is 25.8 Å². The van der Waals surface area contributed by atoms with Gasteiger partial charge in [0.2, 0.25) is 6.29 Å². The molecular formula is C7H12O3. The molecule has 1 aliphatic heterocycles. The average molecular weight is 144 g/mol. The van der Waals surface area contributed by atoms with E-state index < -0.39 is 6.29 Å². The van der Waals surface area contributed by atoms with Gasteiger partial charge in [-0.05, 0) is 6.42 Å². The van der Waals surface area contributed by atoms with Gasteiger partial charge in [-0.3, -0.25) is 4.79 Å². The second-order valence-corrected chi connectivity index (χ2v) is 2.45. The van der Waals surface area contributed by atoms with E-state index in [9.17, 15) is 4.79 Å². The Morgan fingerprint density at radius 3 is 2.50 bits per heavy atom. The number of carbonyl (C=O) groups excluding carboxylic acids is 1. The number of hydrogen-bond donors (Lipinski definition) is 0. The van der Waals surface area contributed by atoms with Crippen molar-refractivity contribution >= 4 is 6.29 Å². The van der Waals surface area contributed by atoms with Crippen LogP contribution in [-0.2, 0) is 14.3 Å². The summed E-state index contributed by atoms with van der Waals surface area (Å²) in [5, 5.41) is 0. The molecule has 0 aliphatic carbocycles. The van der Waals surface area contributed by atoms with Crippen LogP contribution in [0.25, 0.3) is 0 Å². The average Bonchev–Trinajstić information content (AvgIpc) is 2.05. The molecule has 0 unspecified atom stereocenters. The highest BCUT2D eigenvalue weighted by atomic mass is 16.7. The molecule has 0 N–H and O–H groups in total. The van der Waals surface area contributed by atoms with Crippen molar-refractivity contribution in [3.8, 4) is 0 Å². The molecule has 1 aliphatic rings. The van der Waals surface area contributed by atoms with Crippen LogP contribution in [0.1, 0.15) is 13.3 Å². The summed E-state index contributed by atoms with van der Waals surface area (Å²) in [4.78, 5) is 10.1. The molecule has 0 bridgehead atoms. The Hall–Kier alpha value is -0.410.